The first-order valence-electron chi connectivity index (χ1n) is 6.95. The first-order chi connectivity index (χ1) is 10.2. The SMILES string of the molecule is CCNC(=NCc1ncnn1C)NCCc1ncc(C)s1.I. The molecule has 122 valence electrons. The van der Waals surface area contributed by atoms with E-state index in [9.17, 15) is 0 Å². The zero-order valence-electron chi connectivity index (χ0n) is 13.0. The van der Waals surface area contributed by atoms with Crippen molar-refractivity contribution >= 4 is 41.3 Å². The molecule has 2 rings (SSSR count). The van der Waals surface area contributed by atoms with Crippen molar-refractivity contribution < 1.29 is 0 Å². The van der Waals surface area contributed by atoms with Gasteiger partial charge in [-0.15, -0.1) is 35.3 Å². The molecule has 2 aromatic heterocycles. The molecule has 0 saturated carbocycles. The van der Waals surface area contributed by atoms with Crippen LogP contribution in [0.3, 0.4) is 0 Å². The molecule has 0 aromatic carbocycles. The van der Waals surface area contributed by atoms with Gasteiger partial charge in [-0.25, -0.2) is 15.0 Å². The highest BCUT2D eigenvalue weighted by molar-refractivity contribution is 14.0. The second kappa shape index (κ2) is 9.72. The monoisotopic (exact) mass is 435 g/mol. The highest BCUT2D eigenvalue weighted by Crippen LogP contribution is 2.10. The van der Waals surface area contributed by atoms with Crippen LogP contribution in [0.2, 0.25) is 0 Å². The Balaban J connectivity index is 0.00000242. The summed E-state index contributed by atoms with van der Waals surface area (Å²) >= 11 is 1.73. The van der Waals surface area contributed by atoms with E-state index in [1.54, 1.807) is 16.0 Å². The van der Waals surface area contributed by atoms with Crippen molar-refractivity contribution in [3.63, 3.8) is 0 Å². The second-order valence-corrected chi connectivity index (χ2v) is 5.86. The first-order valence-corrected chi connectivity index (χ1v) is 7.77. The van der Waals surface area contributed by atoms with Gasteiger partial charge in [-0.05, 0) is 13.8 Å². The zero-order valence-corrected chi connectivity index (χ0v) is 16.2. The third kappa shape index (κ3) is 5.87. The lowest BCUT2D eigenvalue weighted by Gasteiger charge is -2.10. The number of aryl methyl sites for hydroxylation is 2. The normalized spacial score (nSPS) is 11.1. The summed E-state index contributed by atoms with van der Waals surface area (Å²) in [6.07, 6.45) is 4.34. The van der Waals surface area contributed by atoms with Gasteiger partial charge in [-0.1, -0.05) is 0 Å². The second-order valence-electron chi connectivity index (χ2n) is 4.54. The fourth-order valence-corrected chi connectivity index (χ4v) is 2.55. The molecule has 0 aliphatic carbocycles. The Hall–Kier alpha value is -1.23. The van der Waals surface area contributed by atoms with Crippen molar-refractivity contribution in [2.75, 3.05) is 13.1 Å². The maximum Gasteiger partial charge on any atom is 0.191 e. The number of thiazole rings is 1. The van der Waals surface area contributed by atoms with Gasteiger partial charge in [0, 0.05) is 37.6 Å². The first kappa shape index (κ1) is 18.8. The number of nitrogens with one attached hydrogen (secondary N) is 2. The minimum Gasteiger partial charge on any atom is -0.357 e. The molecule has 0 atom stereocenters. The number of aromatic nitrogens is 4. The number of aliphatic imine (C=N–C) groups is 1. The van der Waals surface area contributed by atoms with Gasteiger partial charge >= 0.3 is 0 Å². The number of hydrogen-bond donors (Lipinski definition) is 2. The molecule has 0 aliphatic rings. The third-order valence-corrected chi connectivity index (χ3v) is 3.80. The number of nitrogens with zero attached hydrogens (tertiary/aromatic N) is 5. The molecule has 2 heterocycles. The van der Waals surface area contributed by atoms with Gasteiger partial charge in [-0.2, -0.15) is 5.10 Å². The van der Waals surface area contributed by atoms with E-state index in [2.05, 4.69) is 37.6 Å². The van der Waals surface area contributed by atoms with Gasteiger partial charge in [0.05, 0.1) is 5.01 Å². The predicted molar refractivity (Wildman–Crippen MR) is 99.8 cm³/mol. The predicted octanol–water partition coefficient (Wildman–Crippen LogP) is 1.50. The lowest BCUT2D eigenvalue weighted by molar-refractivity contribution is 0.697. The highest BCUT2D eigenvalue weighted by atomic mass is 127. The van der Waals surface area contributed by atoms with Crippen LogP contribution in [0.25, 0.3) is 0 Å². The largest absolute Gasteiger partial charge is 0.357 e. The van der Waals surface area contributed by atoms with E-state index in [4.69, 9.17) is 0 Å². The van der Waals surface area contributed by atoms with E-state index in [0.29, 0.717) is 6.54 Å². The van der Waals surface area contributed by atoms with Crippen LogP contribution in [0, 0.1) is 6.92 Å². The lowest BCUT2D eigenvalue weighted by atomic mass is 10.4. The Labute approximate surface area is 151 Å². The molecule has 0 unspecified atom stereocenters. The minimum atomic E-state index is 0. The zero-order chi connectivity index (χ0) is 15.1. The van der Waals surface area contributed by atoms with Crippen LogP contribution in [0.15, 0.2) is 17.5 Å². The topological polar surface area (TPSA) is 80.0 Å². The summed E-state index contributed by atoms with van der Waals surface area (Å²) in [5.74, 6) is 1.62. The standard InChI is InChI=1S/C13H21N7S.HI/c1-4-14-13(17-8-11-18-9-19-20(11)3)15-6-5-12-16-7-10(2)21-12;/h7,9H,4-6,8H2,1-3H3,(H2,14,15,17);1H. The van der Waals surface area contributed by atoms with Gasteiger partial charge in [0.15, 0.2) is 5.96 Å². The molecule has 9 heteroatoms. The summed E-state index contributed by atoms with van der Waals surface area (Å²) in [6.45, 7) is 6.24. The van der Waals surface area contributed by atoms with Crippen LogP contribution in [-0.2, 0) is 20.0 Å². The third-order valence-electron chi connectivity index (χ3n) is 2.83. The summed E-state index contributed by atoms with van der Waals surface area (Å²) in [7, 11) is 1.86. The van der Waals surface area contributed by atoms with Crippen LogP contribution < -0.4 is 10.6 Å². The number of rotatable bonds is 6. The van der Waals surface area contributed by atoms with Crippen LogP contribution in [0.4, 0.5) is 0 Å². The van der Waals surface area contributed by atoms with E-state index >= 15 is 0 Å². The van der Waals surface area contributed by atoms with Crippen molar-refractivity contribution in [2.24, 2.45) is 12.0 Å². The summed E-state index contributed by atoms with van der Waals surface area (Å²) in [4.78, 5) is 14.3. The number of halogens is 1. The van der Waals surface area contributed by atoms with Crippen molar-refractivity contribution in [1.29, 1.82) is 0 Å². The molecule has 0 radical (unpaired) electrons. The Morgan fingerprint density at radius 1 is 1.36 bits per heavy atom. The molecular formula is C13H22IN7S. The summed E-state index contributed by atoms with van der Waals surface area (Å²) in [5, 5.41) is 11.7. The minimum absolute atomic E-state index is 0. The molecule has 0 spiro atoms. The molecular weight excluding hydrogens is 413 g/mol. The molecule has 2 N–H and O–H groups in total. The fourth-order valence-electron chi connectivity index (χ4n) is 1.76. The average molecular weight is 435 g/mol. The molecule has 0 bridgehead atoms. The summed E-state index contributed by atoms with van der Waals surface area (Å²) in [5.41, 5.74) is 0. The van der Waals surface area contributed by atoms with Crippen LogP contribution in [0.5, 0.6) is 0 Å². The maximum atomic E-state index is 4.51. The smallest absolute Gasteiger partial charge is 0.191 e. The molecule has 0 fully saturated rings. The van der Waals surface area contributed by atoms with Crippen LogP contribution in [0.1, 0.15) is 22.6 Å². The summed E-state index contributed by atoms with van der Waals surface area (Å²) in [6, 6.07) is 0. The quantitative estimate of drug-likeness (QED) is 0.409. The Kier molecular flexibility index (Phi) is 8.31. The average Bonchev–Trinajstić information content (AvgIpc) is 3.05. The van der Waals surface area contributed by atoms with Crippen molar-refractivity contribution in [3.05, 3.63) is 28.2 Å². The van der Waals surface area contributed by atoms with Crippen LogP contribution >= 0.6 is 35.3 Å². The van der Waals surface area contributed by atoms with E-state index in [1.165, 1.54) is 11.2 Å². The lowest BCUT2D eigenvalue weighted by Crippen LogP contribution is -2.38. The Morgan fingerprint density at radius 2 is 2.18 bits per heavy atom. The van der Waals surface area contributed by atoms with Crippen LogP contribution in [-0.4, -0.2) is 38.8 Å². The maximum absolute atomic E-state index is 4.51. The number of guanidine groups is 1. The molecule has 7 nitrogen and oxygen atoms in total. The molecule has 0 aliphatic heterocycles. The van der Waals surface area contributed by atoms with Gasteiger partial charge in [0.1, 0.15) is 18.7 Å². The number of hydrogen-bond acceptors (Lipinski definition) is 5. The highest BCUT2D eigenvalue weighted by Gasteiger charge is 2.03. The van der Waals surface area contributed by atoms with E-state index in [0.717, 1.165) is 36.3 Å². The fraction of sp³-hybridized carbons (Fsp3) is 0.538. The van der Waals surface area contributed by atoms with E-state index in [1.807, 2.05) is 20.2 Å². The molecule has 2 aromatic rings. The molecule has 0 amide bonds. The van der Waals surface area contributed by atoms with Crippen molar-refractivity contribution in [2.45, 2.75) is 26.8 Å². The van der Waals surface area contributed by atoms with Gasteiger partial charge in [0.25, 0.3) is 0 Å². The van der Waals surface area contributed by atoms with Gasteiger partial charge < -0.3 is 10.6 Å². The van der Waals surface area contributed by atoms with Crippen molar-refractivity contribution in [1.82, 2.24) is 30.4 Å². The summed E-state index contributed by atoms with van der Waals surface area (Å²) < 4.78 is 1.73. The Bertz CT molecular complexity index is 593. The van der Waals surface area contributed by atoms with E-state index < -0.39 is 0 Å². The van der Waals surface area contributed by atoms with Gasteiger partial charge in [-0.3, -0.25) is 4.68 Å². The van der Waals surface area contributed by atoms with E-state index in [-0.39, 0.29) is 24.0 Å². The van der Waals surface area contributed by atoms with Gasteiger partial charge in [0.2, 0.25) is 0 Å². The molecule has 22 heavy (non-hydrogen) atoms. The van der Waals surface area contributed by atoms with Crippen molar-refractivity contribution in [3.8, 4) is 0 Å². The molecule has 0 saturated heterocycles. The Morgan fingerprint density at radius 3 is 2.77 bits per heavy atom.